The number of aryl methyl sites for hydroxylation is 3. The van der Waals surface area contributed by atoms with Gasteiger partial charge >= 0.3 is 0 Å². The summed E-state index contributed by atoms with van der Waals surface area (Å²) in [4.78, 5) is 7.43. The lowest BCUT2D eigenvalue weighted by Crippen LogP contribution is -2.02. The Morgan fingerprint density at radius 2 is 2.00 bits per heavy atom. The smallest absolute Gasteiger partial charge is 0.187 e. The molecule has 0 saturated carbocycles. The third kappa shape index (κ3) is 2.40. The molecule has 0 amide bonds. The first-order chi connectivity index (χ1) is 13.8. The van der Waals surface area contributed by atoms with Gasteiger partial charge in [0.25, 0.3) is 0 Å². The van der Waals surface area contributed by atoms with E-state index >= 15 is 0 Å². The van der Waals surface area contributed by atoms with Gasteiger partial charge in [-0.3, -0.25) is 4.57 Å². The number of benzene rings is 2. The van der Waals surface area contributed by atoms with Gasteiger partial charge in [-0.15, -0.1) is 0 Å². The molecular formula is C19H17N3. The van der Waals surface area contributed by atoms with Crippen molar-refractivity contribution in [1.82, 2.24) is 9.55 Å². The van der Waals surface area contributed by atoms with E-state index in [0.717, 1.165) is 4.57 Å². The Kier molecular flexibility index (Phi) is 1.85. The van der Waals surface area contributed by atoms with Crippen molar-refractivity contribution in [1.29, 1.82) is 0 Å². The number of hydrogen-bond acceptors (Lipinski definition) is 1. The molecule has 22 heavy (non-hydrogen) atoms. The maximum Gasteiger partial charge on any atom is 0.187 e. The van der Waals surface area contributed by atoms with Gasteiger partial charge in [-0.25, -0.2) is 9.83 Å². The van der Waals surface area contributed by atoms with E-state index < -0.39 is 26.0 Å². The summed E-state index contributed by atoms with van der Waals surface area (Å²) >= 11 is 0. The number of rotatable bonds is 2. The zero-order valence-electron chi connectivity index (χ0n) is 19.8. The summed E-state index contributed by atoms with van der Waals surface area (Å²) in [5.74, 6) is 0.0235. The molecule has 3 aromatic rings. The molecule has 2 aromatic carbocycles. The molecule has 3 heteroatoms. The van der Waals surface area contributed by atoms with Crippen LogP contribution in [0.25, 0.3) is 21.9 Å². The highest BCUT2D eigenvalue weighted by atomic mass is 15.1. The van der Waals surface area contributed by atoms with Crippen LogP contribution in [0.3, 0.4) is 0 Å². The first-order valence-electron chi connectivity index (χ1n) is 10.5. The molecule has 3 nitrogen and oxygen atoms in total. The fourth-order valence-corrected chi connectivity index (χ4v) is 2.32. The van der Waals surface area contributed by atoms with Gasteiger partial charge in [0, 0.05) is 26.1 Å². The van der Waals surface area contributed by atoms with Crippen molar-refractivity contribution in [3.63, 3.8) is 0 Å². The molecule has 0 N–H and O–H groups in total. The first kappa shape index (κ1) is 7.42. The second-order valence-electron chi connectivity index (χ2n) is 4.87. The van der Waals surface area contributed by atoms with Crippen LogP contribution in [0, 0.1) is 27.2 Å². The van der Waals surface area contributed by atoms with Crippen LogP contribution in [0.15, 0.2) is 48.7 Å². The fourth-order valence-electron chi connectivity index (χ4n) is 2.32. The molecule has 0 fully saturated rings. The van der Waals surface area contributed by atoms with Crippen molar-refractivity contribution in [2.75, 3.05) is 0 Å². The Bertz CT molecular complexity index is 1130. The topological polar surface area (TPSA) is 22.2 Å². The van der Waals surface area contributed by atoms with Crippen LogP contribution in [-0.2, 0) is 0 Å². The van der Waals surface area contributed by atoms with Gasteiger partial charge in [0.15, 0.2) is 5.69 Å². The Balaban J connectivity index is 2.49. The molecule has 1 aromatic heterocycles. The average molecular weight is 295 g/mol. The van der Waals surface area contributed by atoms with E-state index in [4.69, 9.17) is 17.5 Å². The lowest BCUT2D eigenvalue weighted by atomic mass is 10.0. The van der Waals surface area contributed by atoms with Crippen LogP contribution < -0.4 is 0 Å². The molecule has 0 aliphatic rings. The van der Waals surface area contributed by atoms with Crippen LogP contribution in [-0.4, -0.2) is 9.55 Å². The molecule has 108 valence electrons. The van der Waals surface area contributed by atoms with Crippen LogP contribution in [0.4, 0.5) is 5.69 Å². The fraction of sp³-hybridized carbons (Fsp3) is 0.158. The highest BCUT2D eigenvalue weighted by Gasteiger charge is 2.12. The SMILES string of the molecule is [2H]c1nc(-c2cccc([N+]#[C-])c2)n(-c2c(C([2H])([2H])[2H])cc(C)cc2C([2H])([2H])[2H])c1[2H]. The molecule has 0 atom stereocenters. The minimum Gasteiger partial charge on any atom is -0.299 e. The zero-order chi connectivity index (χ0) is 22.4. The van der Waals surface area contributed by atoms with Gasteiger partial charge in [0.1, 0.15) is 5.82 Å². The number of hydrogen-bond donors (Lipinski definition) is 0. The lowest BCUT2D eigenvalue weighted by molar-refractivity contribution is 1.03. The van der Waals surface area contributed by atoms with Crippen molar-refractivity contribution in [2.45, 2.75) is 20.6 Å². The minimum absolute atomic E-state index is 0.0235. The van der Waals surface area contributed by atoms with Crippen molar-refractivity contribution in [3.05, 3.63) is 76.9 Å². The van der Waals surface area contributed by atoms with E-state index in [1.54, 1.807) is 25.1 Å². The van der Waals surface area contributed by atoms with Crippen molar-refractivity contribution in [2.24, 2.45) is 0 Å². The second kappa shape index (κ2) is 5.50. The first-order valence-corrected chi connectivity index (χ1v) is 6.54. The van der Waals surface area contributed by atoms with Gasteiger partial charge < -0.3 is 0 Å². The van der Waals surface area contributed by atoms with Gasteiger partial charge in [-0.05, 0) is 37.8 Å². The molecule has 0 unspecified atom stereocenters. The maximum atomic E-state index is 8.34. The van der Waals surface area contributed by atoms with Gasteiger partial charge in [0.2, 0.25) is 0 Å². The predicted molar refractivity (Wildman–Crippen MR) is 89.5 cm³/mol. The Labute approximate surface area is 141 Å². The molecule has 3 rings (SSSR count). The van der Waals surface area contributed by atoms with Crippen LogP contribution in [0.5, 0.6) is 0 Å². The Morgan fingerprint density at radius 3 is 2.68 bits per heavy atom. The third-order valence-corrected chi connectivity index (χ3v) is 3.25. The van der Waals surface area contributed by atoms with Gasteiger partial charge in [-0.1, -0.05) is 35.9 Å². The molecule has 0 radical (unpaired) electrons. The second-order valence-corrected chi connectivity index (χ2v) is 4.87. The normalized spacial score (nSPS) is 16.9. The summed E-state index contributed by atoms with van der Waals surface area (Å²) in [6.45, 7) is 3.45. The van der Waals surface area contributed by atoms with Crippen molar-refractivity contribution < 1.29 is 11.0 Å². The summed E-state index contributed by atoms with van der Waals surface area (Å²) in [5, 5.41) is 0. The maximum absolute atomic E-state index is 8.34. The quantitative estimate of drug-likeness (QED) is 0.609. The summed E-state index contributed by atoms with van der Waals surface area (Å²) < 4.78 is 65.1. The third-order valence-electron chi connectivity index (χ3n) is 3.25. The zero-order valence-corrected chi connectivity index (χ0v) is 11.8. The standard InChI is InChI=1S/C19H17N3/c1-13-10-14(2)18(15(3)11-13)22-9-8-21-19(22)16-6-5-7-17(12-16)20-4/h5-12H,1-3H3/i2D3,3D3,8D,9D. The lowest BCUT2D eigenvalue weighted by Gasteiger charge is -2.15. The van der Waals surface area contributed by atoms with E-state index in [9.17, 15) is 0 Å². The van der Waals surface area contributed by atoms with Crippen LogP contribution in [0.2, 0.25) is 0 Å². The molecule has 0 spiro atoms. The largest absolute Gasteiger partial charge is 0.299 e. The molecule has 0 bridgehead atoms. The minimum atomic E-state index is -2.67. The van der Waals surface area contributed by atoms with E-state index in [1.165, 1.54) is 18.2 Å². The summed E-state index contributed by atoms with van der Waals surface area (Å²) in [6, 6.07) is 8.98. The van der Waals surface area contributed by atoms with Gasteiger partial charge in [-0.2, -0.15) is 0 Å². The van der Waals surface area contributed by atoms with Crippen molar-refractivity contribution in [3.8, 4) is 17.1 Å². The highest BCUT2D eigenvalue weighted by Crippen LogP contribution is 2.28. The monoisotopic (exact) mass is 295 g/mol. The molecule has 1 heterocycles. The Hall–Kier alpha value is -2.86. The molecule has 0 aliphatic carbocycles. The van der Waals surface area contributed by atoms with Gasteiger partial charge in [0.05, 0.1) is 15.0 Å². The van der Waals surface area contributed by atoms with Crippen LogP contribution >= 0.6 is 0 Å². The van der Waals surface area contributed by atoms with E-state index in [-0.39, 0.29) is 28.3 Å². The number of nitrogens with zero attached hydrogens (tertiary/aromatic N) is 3. The summed E-state index contributed by atoms with van der Waals surface area (Å²) in [7, 11) is 0. The summed E-state index contributed by atoms with van der Waals surface area (Å²) in [5.41, 5.74) is 0.398. The predicted octanol–water partition coefficient (Wildman–Crippen LogP) is 5.02. The van der Waals surface area contributed by atoms with E-state index in [2.05, 4.69) is 9.83 Å². The molecule has 0 aliphatic heterocycles. The Morgan fingerprint density at radius 1 is 1.23 bits per heavy atom. The highest BCUT2D eigenvalue weighted by molar-refractivity contribution is 5.66. The van der Waals surface area contributed by atoms with E-state index in [0.29, 0.717) is 11.1 Å². The molecule has 0 saturated heterocycles. The molecular weight excluding hydrogens is 270 g/mol. The number of imidazole rings is 1. The van der Waals surface area contributed by atoms with E-state index in [1.807, 2.05) is 0 Å². The van der Waals surface area contributed by atoms with Crippen LogP contribution in [0.1, 0.15) is 27.7 Å². The average Bonchev–Trinajstić information content (AvgIpc) is 2.94. The summed E-state index contributed by atoms with van der Waals surface area (Å²) in [6.07, 6.45) is -0.884. The van der Waals surface area contributed by atoms with Crippen molar-refractivity contribution >= 4 is 5.69 Å². The number of aromatic nitrogens is 2.